The summed E-state index contributed by atoms with van der Waals surface area (Å²) < 4.78 is 5.41. The minimum Gasteiger partial charge on any atom is -0.508 e. The highest BCUT2D eigenvalue weighted by Crippen LogP contribution is 2.26. The highest BCUT2D eigenvalue weighted by Gasteiger charge is 2.23. The third-order valence-electron chi connectivity index (χ3n) is 3.11. The van der Waals surface area contributed by atoms with Gasteiger partial charge in [0.05, 0.1) is 5.92 Å². The van der Waals surface area contributed by atoms with Crippen molar-refractivity contribution in [2.24, 2.45) is 0 Å². The summed E-state index contributed by atoms with van der Waals surface area (Å²) in [5, 5.41) is 11.4. The Morgan fingerprint density at radius 2 is 1.70 bits per heavy atom. The lowest BCUT2D eigenvalue weighted by Crippen LogP contribution is -2.26. The van der Waals surface area contributed by atoms with Gasteiger partial charge in [-0.25, -0.2) is 0 Å². The van der Waals surface area contributed by atoms with Crippen molar-refractivity contribution in [1.29, 1.82) is 0 Å². The third kappa shape index (κ3) is 3.29. The highest BCUT2D eigenvalue weighted by atomic mass is 16.6. The lowest BCUT2D eigenvalue weighted by atomic mass is 9.97. The first kappa shape index (κ1) is 14.4. The molecule has 0 spiro atoms. The molecular formula is C17H20O3. The maximum absolute atomic E-state index is 12.1. The molecule has 1 atom stereocenters. The number of phenolic OH excluding ortho intramolecular Hbond substituents is 1. The summed E-state index contributed by atoms with van der Waals surface area (Å²) in [5.41, 5.74) is 0.436. The van der Waals surface area contributed by atoms with Gasteiger partial charge in [0.25, 0.3) is 0 Å². The van der Waals surface area contributed by atoms with Crippen molar-refractivity contribution in [1.82, 2.24) is 0 Å². The van der Waals surface area contributed by atoms with E-state index in [9.17, 15) is 9.90 Å². The zero-order chi connectivity index (χ0) is 14.9. The zero-order valence-corrected chi connectivity index (χ0v) is 12.3. The summed E-state index contributed by atoms with van der Waals surface area (Å²) in [5.74, 6) is -0.298. The van der Waals surface area contributed by atoms with Crippen LogP contribution in [0.2, 0.25) is 0 Å². The van der Waals surface area contributed by atoms with Crippen molar-refractivity contribution in [3.63, 3.8) is 0 Å². The number of ether oxygens (including phenoxy) is 1. The van der Waals surface area contributed by atoms with Crippen molar-refractivity contribution in [3.8, 4) is 5.75 Å². The molecule has 3 nitrogen and oxygen atoms in total. The number of benzene rings is 2. The van der Waals surface area contributed by atoms with Crippen molar-refractivity contribution in [2.45, 2.75) is 39.2 Å². The molecule has 0 aliphatic carbocycles. The molecule has 2 aromatic rings. The fourth-order valence-electron chi connectivity index (χ4n) is 2.05. The number of carbonyl (C=O) groups is 1. The van der Waals surface area contributed by atoms with E-state index in [0.717, 1.165) is 16.3 Å². The Labute approximate surface area is 119 Å². The number of hydrogen-bond acceptors (Lipinski definition) is 3. The maximum atomic E-state index is 12.1. The van der Waals surface area contributed by atoms with Crippen molar-refractivity contribution >= 4 is 16.7 Å². The topological polar surface area (TPSA) is 46.5 Å². The van der Waals surface area contributed by atoms with E-state index in [-0.39, 0.29) is 17.6 Å². The molecule has 0 unspecified atom stereocenters. The Kier molecular flexibility index (Phi) is 3.71. The first-order valence-corrected chi connectivity index (χ1v) is 6.72. The van der Waals surface area contributed by atoms with E-state index in [0.29, 0.717) is 0 Å². The van der Waals surface area contributed by atoms with E-state index >= 15 is 0 Å². The molecule has 106 valence electrons. The maximum Gasteiger partial charge on any atom is 0.313 e. The second-order valence-corrected chi connectivity index (χ2v) is 6.05. The van der Waals surface area contributed by atoms with Gasteiger partial charge in [0.15, 0.2) is 0 Å². The first-order chi connectivity index (χ1) is 9.26. The van der Waals surface area contributed by atoms with Crippen LogP contribution in [0, 0.1) is 0 Å². The summed E-state index contributed by atoms with van der Waals surface area (Å²) in [7, 11) is 0. The minimum absolute atomic E-state index is 0.226. The summed E-state index contributed by atoms with van der Waals surface area (Å²) >= 11 is 0. The summed E-state index contributed by atoms with van der Waals surface area (Å²) in [4.78, 5) is 12.1. The number of carbonyl (C=O) groups excluding carboxylic acids is 1. The van der Waals surface area contributed by atoms with Gasteiger partial charge < -0.3 is 9.84 Å². The van der Waals surface area contributed by atoms with Crippen molar-refractivity contribution in [3.05, 3.63) is 42.0 Å². The molecule has 0 aromatic heterocycles. The van der Waals surface area contributed by atoms with Crippen LogP contribution < -0.4 is 0 Å². The fraction of sp³-hybridized carbons (Fsp3) is 0.353. The molecule has 2 aromatic carbocycles. The van der Waals surface area contributed by atoms with Gasteiger partial charge in [-0.1, -0.05) is 24.3 Å². The molecule has 0 saturated carbocycles. The molecule has 20 heavy (non-hydrogen) atoms. The van der Waals surface area contributed by atoms with Crippen molar-refractivity contribution < 1.29 is 14.6 Å². The monoisotopic (exact) mass is 272 g/mol. The Bertz CT molecular complexity index is 638. The van der Waals surface area contributed by atoms with Gasteiger partial charge in [-0.15, -0.1) is 0 Å². The van der Waals surface area contributed by atoms with Crippen LogP contribution in [-0.4, -0.2) is 16.7 Å². The van der Waals surface area contributed by atoms with Crippen LogP contribution in [0.5, 0.6) is 5.75 Å². The molecule has 0 fully saturated rings. The number of fused-ring (bicyclic) bond motifs is 1. The van der Waals surface area contributed by atoms with Gasteiger partial charge in [0, 0.05) is 0 Å². The van der Waals surface area contributed by atoms with E-state index in [1.165, 1.54) is 0 Å². The summed E-state index contributed by atoms with van der Waals surface area (Å²) in [6.45, 7) is 7.43. The standard InChI is InChI=1S/C17H20O3/c1-11(16(19)20-17(2,3)4)12-5-6-14-10-15(18)8-7-13(14)9-12/h5-11,18H,1-4H3/t11-/m0/s1. The number of phenols is 1. The van der Waals surface area contributed by atoms with Crippen LogP contribution in [0.1, 0.15) is 39.2 Å². The minimum atomic E-state index is -0.478. The molecular weight excluding hydrogens is 252 g/mol. The third-order valence-corrected chi connectivity index (χ3v) is 3.11. The molecule has 0 aliphatic heterocycles. The second kappa shape index (κ2) is 5.16. The average molecular weight is 272 g/mol. The normalized spacial score (nSPS) is 13.2. The van der Waals surface area contributed by atoms with Crippen LogP contribution in [-0.2, 0) is 9.53 Å². The molecule has 0 bridgehead atoms. The van der Waals surface area contributed by atoms with E-state index < -0.39 is 5.60 Å². The molecule has 1 N–H and O–H groups in total. The van der Waals surface area contributed by atoms with Gasteiger partial charge >= 0.3 is 5.97 Å². The second-order valence-electron chi connectivity index (χ2n) is 6.05. The van der Waals surface area contributed by atoms with Gasteiger partial charge in [0.2, 0.25) is 0 Å². The van der Waals surface area contributed by atoms with Crippen LogP contribution in [0.15, 0.2) is 36.4 Å². The van der Waals surface area contributed by atoms with Crippen LogP contribution >= 0.6 is 0 Å². The van der Waals surface area contributed by atoms with E-state index in [1.54, 1.807) is 12.1 Å². The summed E-state index contributed by atoms with van der Waals surface area (Å²) in [6, 6.07) is 11.0. The van der Waals surface area contributed by atoms with Gasteiger partial charge in [-0.3, -0.25) is 4.79 Å². The van der Waals surface area contributed by atoms with Crippen LogP contribution in [0.25, 0.3) is 10.8 Å². The number of aromatic hydroxyl groups is 1. The lowest BCUT2D eigenvalue weighted by Gasteiger charge is -2.22. The largest absolute Gasteiger partial charge is 0.508 e. The lowest BCUT2D eigenvalue weighted by molar-refractivity contribution is -0.156. The van der Waals surface area contributed by atoms with Crippen LogP contribution in [0.4, 0.5) is 0 Å². The van der Waals surface area contributed by atoms with Gasteiger partial charge in [0.1, 0.15) is 11.4 Å². The molecule has 0 saturated heterocycles. The summed E-state index contributed by atoms with van der Waals surface area (Å²) in [6.07, 6.45) is 0. The van der Waals surface area contributed by atoms with Gasteiger partial charge in [-0.05, 0) is 56.2 Å². The number of rotatable bonds is 2. The molecule has 3 heteroatoms. The van der Waals surface area contributed by atoms with Gasteiger partial charge in [-0.2, -0.15) is 0 Å². The fourth-order valence-corrected chi connectivity index (χ4v) is 2.05. The molecule has 0 radical (unpaired) electrons. The highest BCUT2D eigenvalue weighted by molar-refractivity contribution is 5.86. The number of hydrogen-bond donors (Lipinski definition) is 1. The first-order valence-electron chi connectivity index (χ1n) is 6.72. The Hall–Kier alpha value is -2.03. The average Bonchev–Trinajstić information content (AvgIpc) is 2.35. The van der Waals surface area contributed by atoms with Crippen molar-refractivity contribution in [2.75, 3.05) is 0 Å². The predicted octanol–water partition coefficient (Wildman–Crippen LogP) is 3.99. The quantitative estimate of drug-likeness (QED) is 0.841. The Balaban J connectivity index is 2.28. The molecule has 0 heterocycles. The Morgan fingerprint density at radius 1 is 1.10 bits per heavy atom. The van der Waals surface area contributed by atoms with E-state index in [2.05, 4.69) is 0 Å². The number of esters is 1. The smallest absolute Gasteiger partial charge is 0.313 e. The molecule has 0 aliphatic rings. The van der Waals surface area contributed by atoms with E-state index in [1.807, 2.05) is 52.0 Å². The Morgan fingerprint density at radius 3 is 2.35 bits per heavy atom. The predicted molar refractivity (Wildman–Crippen MR) is 79.9 cm³/mol. The van der Waals surface area contributed by atoms with Crippen LogP contribution in [0.3, 0.4) is 0 Å². The zero-order valence-electron chi connectivity index (χ0n) is 12.3. The molecule has 0 amide bonds. The SMILES string of the molecule is C[C@H](C(=O)OC(C)(C)C)c1ccc2cc(O)ccc2c1. The molecule has 2 rings (SSSR count). The van der Waals surface area contributed by atoms with E-state index in [4.69, 9.17) is 4.74 Å².